The molecular formula is C14H25N3O3. The standard InChI is InChI=1S/C14H25N3O3/c1-3-20-14(19)16-9-6-11(7-10-16)17-8-4-5-12(15-2)13(17)18/h11-12,15H,3-10H2,1-2H3. The van der Waals surface area contributed by atoms with Crippen molar-refractivity contribution in [2.45, 2.75) is 44.7 Å². The molecule has 0 saturated carbocycles. The average Bonchev–Trinajstić information content (AvgIpc) is 2.48. The second-order valence-corrected chi connectivity index (χ2v) is 5.43. The van der Waals surface area contributed by atoms with Crippen molar-refractivity contribution in [2.24, 2.45) is 0 Å². The Bertz CT molecular complexity index is 354. The molecule has 2 fully saturated rings. The molecule has 1 atom stereocenters. The largest absolute Gasteiger partial charge is 0.450 e. The number of likely N-dealkylation sites (tertiary alicyclic amines) is 2. The van der Waals surface area contributed by atoms with Crippen LogP contribution in [0.5, 0.6) is 0 Å². The third-order valence-corrected chi connectivity index (χ3v) is 4.25. The van der Waals surface area contributed by atoms with Gasteiger partial charge in [-0.15, -0.1) is 0 Å². The van der Waals surface area contributed by atoms with Gasteiger partial charge < -0.3 is 19.9 Å². The van der Waals surface area contributed by atoms with Crippen LogP contribution in [0.25, 0.3) is 0 Å². The highest BCUT2D eigenvalue weighted by Gasteiger charge is 2.34. The van der Waals surface area contributed by atoms with Crippen LogP contribution in [-0.2, 0) is 9.53 Å². The van der Waals surface area contributed by atoms with Crippen LogP contribution in [0, 0.1) is 0 Å². The van der Waals surface area contributed by atoms with E-state index in [-0.39, 0.29) is 24.1 Å². The van der Waals surface area contributed by atoms with Crippen molar-refractivity contribution in [3.63, 3.8) is 0 Å². The van der Waals surface area contributed by atoms with E-state index in [9.17, 15) is 9.59 Å². The molecule has 2 saturated heterocycles. The number of rotatable bonds is 3. The van der Waals surface area contributed by atoms with Crippen molar-refractivity contribution in [3.05, 3.63) is 0 Å². The first-order valence-electron chi connectivity index (χ1n) is 7.56. The number of nitrogens with zero attached hydrogens (tertiary/aromatic N) is 2. The Labute approximate surface area is 120 Å². The van der Waals surface area contributed by atoms with Gasteiger partial charge in [-0.25, -0.2) is 4.79 Å². The van der Waals surface area contributed by atoms with Crippen LogP contribution >= 0.6 is 0 Å². The van der Waals surface area contributed by atoms with E-state index < -0.39 is 0 Å². The summed E-state index contributed by atoms with van der Waals surface area (Å²) in [7, 11) is 1.84. The summed E-state index contributed by atoms with van der Waals surface area (Å²) in [6.45, 7) is 4.43. The number of nitrogens with one attached hydrogen (secondary N) is 1. The lowest BCUT2D eigenvalue weighted by atomic mass is 9.97. The van der Waals surface area contributed by atoms with Gasteiger partial charge in [0.25, 0.3) is 0 Å². The Kier molecular flexibility index (Phi) is 5.23. The van der Waals surface area contributed by atoms with E-state index in [1.54, 1.807) is 4.90 Å². The molecule has 20 heavy (non-hydrogen) atoms. The summed E-state index contributed by atoms with van der Waals surface area (Å²) in [5, 5.41) is 3.09. The van der Waals surface area contributed by atoms with Gasteiger partial charge in [0.05, 0.1) is 12.6 Å². The van der Waals surface area contributed by atoms with Gasteiger partial charge in [-0.05, 0) is 39.7 Å². The molecule has 0 bridgehead atoms. The summed E-state index contributed by atoms with van der Waals surface area (Å²) in [4.78, 5) is 27.7. The smallest absolute Gasteiger partial charge is 0.409 e. The van der Waals surface area contributed by atoms with E-state index in [1.165, 1.54) is 0 Å². The zero-order chi connectivity index (χ0) is 14.5. The Morgan fingerprint density at radius 3 is 2.60 bits per heavy atom. The lowest BCUT2D eigenvalue weighted by Gasteiger charge is -2.41. The summed E-state index contributed by atoms with van der Waals surface area (Å²) in [6.07, 6.45) is 3.44. The van der Waals surface area contributed by atoms with Crippen LogP contribution in [-0.4, -0.2) is 67.2 Å². The Morgan fingerprint density at radius 1 is 1.30 bits per heavy atom. The number of carbonyl (C=O) groups excluding carboxylic acids is 2. The zero-order valence-electron chi connectivity index (χ0n) is 12.4. The van der Waals surface area contributed by atoms with Crippen molar-refractivity contribution in [1.29, 1.82) is 0 Å². The van der Waals surface area contributed by atoms with Crippen LogP contribution in [0.15, 0.2) is 0 Å². The van der Waals surface area contributed by atoms with E-state index in [0.29, 0.717) is 19.7 Å². The molecule has 1 N–H and O–H groups in total. The molecule has 6 nitrogen and oxygen atoms in total. The fraction of sp³-hybridized carbons (Fsp3) is 0.857. The number of likely N-dealkylation sites (N-methyl/N-ethyl adjacent to an activating group) is 1. The molecule has 0 radical (unpaired) electrons. The fourth-order valence-corrected chi connectivity index (χ4v) is 3.10. The summed E-state index contributed by atoms with van der Waals surface area (Å²) in [6, 6.07) is 0.233. The number of hydrogen-bond acceptors (Lipinski definition) is 4. The van der Waals surface area contributed by atoms with Gasteiger partial charge in [0.1, 0.15) is 0 Å². The van der Waals surface area contributed by atoms with Gasteiger partial charge in [-0.1, -0.05) is 0 Å². The summed E-state index contributed by atoms with van der Waals surface area (Å²) < 4.78 is 5.01. The number of hydrogen-bond donors (Lipinski definition) is 1. The molecule has 0 aromatic rings. The molecule has 1 unspecified atom stereocenters. The lowest BCUT2D eigenvalue weighted by Crippen LogP contribution is -2.56. The van der Waals surface area contributed by atoms with Crippen LogP contribution < -0.4 is 5.32 Å². The molecule has 2 heterocycles. The van der Waals surface area contributed by atoms with Gasteiger partial charge in [-0.3, -0.25) is 4.79 Å². The fourth-order valence-electron chi connectivity index (χ4n) is 3.10. The van der Waals surface area contributed by atoms with Crippen LogP contribution in [0.3, 0.4) is 0 Å². The molecule has 0 aromatic carbocycles. The minimum absolute atomic E-state index is 0.0353. The molecule has 2 aliphatic heterocycles. The van der Waals surface area contributed by atoms with Crippen molar-refractivity contribution < 1.29 is 14.3 Å². The SMILES string of the molecule is CCOC(=O)N1CCC(N2CCCC(NC)C2=O)CC1. The van der Waals surface area contributed by atoms with Gasteiger partial charge in [0, 0.05) is 25.7 Å². The average molecular weight is 283 g/mol. The minimum atomic E-state index is -0.232. The van der Waals surface area contributed by atoms with Gasteiger partial charge in [0.15, 0.2) is 0 Å². The first kappa shape index (κ1) is 15.1. The molecule has 114 valence electrons. The first-order valence-corrected chi connectivity index (χ1v) is 7.56. The second kappa shape index (κ2) is 6.92. The van der Waals surface area contributed by atoms with Crippen LogP contribution in [0.1, 0.15) is 32.6 Å². The predicted octanol–water partition coefficient (Wildman–Crippen LogP) is 0.818. The van der Waals surface area contributed by atoms with Crippen molar-refractivity contribution in [1.82, 2.24) is 15.1 Å². The summed E-state index contributed by atoms with van der Waals surface area (Å²) in [5.74, 6) is 0.216. The van der Waals surface area contributed by atoms with Crippen LogP contribution in [0.2, 0.25) is 0 Å². The number of ether oxygens (including phenoxy) is 1. The molecule has 0 spiro atoms. The topological polar surface area (TPSA) is 61.9 Å². The third-order valence-electron chi connectivity index (χ3n) is 4.25. The molecule has 2 rings (SSSR count). The third kappa shape index (κ3) is 3.23. The maximum absolute atomic E-state index is 12.3. The van der Waals surface area contributed by atoms with Gasteiger partial charge in [0.2, 0.25) is 5.91 Å². The Balaban J connectivity index is 1.87. The van der Waals surface area contributed by atoms with Crippen molar-refractivity contribution >= 4 is 12.0 Å². The van der Waals surface area contributed by atoms with E-state index in [2.05, 4.69) is 5.32 Å². The zero-order valence-corrected chi connectivity index (χ0v) is 12.4. The van der Waals surface area contributed by atoms with Crippen LogP contribution in [0.4, 0.5) is 4.79 Å². The van der Waals surface area contributed by atoms with E-state index in [1.807, 2.05) is 18.9 Å². The van der Waals surface area contributed by atoms with Crippen molar-refractivity contribution in [2.75, 3.05) is 33.3 Å². The lowest BCUT2D eigenvalue weighted by molar-refractivity contribution is -0.139. The number of piperidine rings is 2. The number of amides is 2. The first-order chi connectivity index (χ1) is 9.67. The Hall–Kier alpha value is -1.30. The monoisotopic (exact) mass is 283 g/mol. The van der Waals surface area contributed by atoms with Gasteiger partial charge in [-0.2, -0.15) is 0 Å². The summed E-state index contributed by atoms with van der Waals surface area (Å²) >= 11 is 0. The maximum Gasteiger partial charge on any atom is 0.409 e. The highest BCUT2D eigenvalue weighted by molar-refractivity contribution is 5.83. The molecular weight excluding hydrogens is 258 g/mol. The molecule has 2 amide bonds. The Morgan fingerprint density at radius 2 is 2.00 bits per heavy atom. The molecule has 0 aromatic heterocycles. The molecule has 6 heteroatoms. The van der Waals surface area contributed by atoms with E-state index in [0.717, 1.165) is 32.2 Å². The van der Waals surface area contributed by atoms with Crippen molar-refractivity contribution in [3.8, 4) is 0 Å². The maximum atomic E-state index is 12.3. The normalized spacial score (nSPS) is 24.9. The highest BCUT2D eigenvalue weighted by atomic mass is 16.6. The van der Waals surface area contributed by atoms with E-state index >= 15 is 0 Å². The quantitative estimate of drug-likeness (QED) is 0.833. The summed E-state index contributed by atoms with van der Waals surface area (Å²) in [5.41, 5.74) is 0. The van der Waals surface area contributed by atoms with Gasteiger partial charge >= 0.3 is 6.09 Å². The minimum Gasteiger partial charge on any atom is -0.450 e. The molecule has 0 aliphatic carbocycles. The predicted molar refractivity (Wildman–Crippen MR) is 75.4 cm³/mol. The second-order valence-electron chi connectivity index (χ2n) is 5.43. The highest BCUT2D eigenvalue weighted by Crippen LogP contribution is 2.22. The molecule has 2 aliphatic rings. The van der Waals surface area contributed by atoms with E-state index in [4.69, 9.17) is 4.74 Å². The number of carbonyl (C=O) groups is 2.